The second-order valence-electron chi connectivity index (χ2n) is 3.87. The van der Waals surface area contributed by atoms with E-state index in [4.69, 9.17) is 10.2 Å². The summed E-state index contributed by atoms with van der Waals surface area (Å²) in [5, 5.41) is 19.8. The normalized spacial score (nSPS) is 15.2. The van der Waals surface area contributed by atoms with Crippen molar-refractivity contribution >= 4 is 17.7 Å². The van der Waals surface area contributed by atoms with Gasteiger partial charge in [-0.15, -0.1) is 0 Å². The van der Waals surface area contributed by atoms with Gasteiger partial charge in [0.2, 0.25) is 0 Å². The third-order valence-electron chi connectivity index (χ3n) is 2.53. The van der Waals surface area contributed by atoms with E-state index in [9.17, 15) is 9.59 Å². The fraction of sp³-hybridized carbons (Fsp3) is 0.273. The standard InChI is InChI=1S/C11H12N2O4/c14-9-5-13(6-9)10(15)7-1-3-8(4-2-7)12-11(16)17/h1-4,9,12,14H,5-6H2,(H,16,17). The minimum atomic E-state index is -1.14. The van der Waals surface area contributed by atoms with Crippen molar-refractivity contribution in [2.75, 3.05) is 18.4 Å². The number of benzene rings is 1. The van der Waals surface area contributed by atoms with Crippen LogP contribution in [-0.2, 0) is 0 Å². The Morgan fingerprint density at radius 3 is 2.29 bits per heavy atom. The molecule has 90 valence electrons. The number of hydrogen-bond acceptors (Lipinski definition) is 3. The maximum Gasteiger partial charge on any atom is 0.409 e. The van der Waals surface area contributed by atoms with Crippen LogP contribution >= 0.6 is 0 Å². The molecular formula is C11H12N2O4. The smallest absolute Gasteiger partial charge is 0.409 e. The number of carbonyl (C=O) groups excluding carboxylic acids is 1. The highest BCUT2D eigenvalue weighted by Crippen LogP contribution is 2.15. The highest BCUT2D eigenvalue weighted by Gasteiger charge is 2.29. The molecule has 0 aromatic heterocycles. The topological polar surface area (TPSA) is 89.9 Å². The largest absolute Gasteiger partial charge is 0.465 e. The summed E-state index contributed by atoms with van der Waals surface area (Å²) in [7, 11) is 0. The number of carbonyl (C=O) groups is 2. The number of anilines is 1. The lowest BCUT2D eigenvalue weighted by atomic mass is 10.1. The van der Waals surface area contributed by atoms with Gasteiger partial charge in [0.1, 0.15) is 0 Å². The molecule has 1 aromatic rings. The molecule has 1 fully saturated rings. The summed E-state index contributed by atoms with van der Waals surface area (Å²) >= 11 is 0. The van der Waals surface area contributed by atoms with Crippen LogP contribution in [0.3, 0.4) is 0 Å². The number of hydrogen-bond donors (Lipinski definition) is 3. The van der Waals surface area contributed by atoms with Gasteiger partial charge in [0.25, 0.3) is 5.91 Å². The molecule has 6 heteroatoms. The molecule has 1 aromatic carbocycles. The van der Waals surface area contributed by atoms with Gasteiger partial charge in [-0.2, -0.15) is 0 Å². The molecule has 1 heterocycles. The van der Waals surface area contributed by atoms with E-state index in [0.717, 1.165) is 0 Å². The number of carboxylic acid groups (broad SMARTS) is 1. The lowest BCUT2D eigenvalue weighted by Gasteiger charge is -2.35. The van der Waals surface area contributed by atoms with Gasteiger partial charge in [-0.1, -0.05) is 0 Å². The average Bonchev–Trinajstić information content (AvgIpc) is 2.24. The fourth-order valence-corrected chi connectivity index (χ4v) is 1.62. The SMILES string of the molecule is O=C(O)Nc1ccc(C(=O)N2CC(O)C2)cc1. The van der Waals surface area contributed by atoms with Crippen LogP contribution in [0.4, 0.5) is 10.5 Å². The monoisotopic (exact) mass is 236 g/mol. The minimum Gasteiger partial charge on any atom is -0.465 e. The van der Waals surface area contributed by atoms with Gasteiger partial charge < -0.3 is 15.1 Å². The summed E-state index contributed by atoms with van der Waals surface area (Å²) in [6, 6.07) is 6.16. The van der Waals surface area contributed by atoms with Crippen molar-refractivity contribution in [1.82, 2.24) is 4.90 Å². The maximum absolute atomic E-state index is 11.8. The first-order valence-electron chi connectivity index (χ1n) is 5.13. The molecule has 2 rings (SSSR count). The fourth-order valence-electron chi connectivity index (χ4n) is 1.62. The molecule has 1 aliphatic heterocycles. The van der Waals surface area contributed by atoms with Crippen LogP contribution in [0.25, 0.3) is 0 Å². The van der Waals surface area contributed by atoms with Crippen LogP contribution in [0, 0.1) is 0 Å². The molecular weight excluding hydrogens is 224 g/mol. The number of aliphatic hydroxyl groups is 1. The lowest BCUT2D eigenvalue weighted by molar-refractivity contribution is 0.00590. The summed E-state index contributed by atoms with van der Waals surface area (Å²) in [6.07, 6.45) is -1.57. The van der Waals surface area contributed by atoms with Crippen LogP contribution in [0.1, 0.15) is 10.4 Å². The lowest BCUT2D eigenvalue weighted by Crippen LogP contribution is -2.53. The highest BCUT2D eigenvalue weighted by molar-refractivity contribution is 5.95. The van der Waals surface area contributed by atoms with Crippen molar-refractivity contribution < 1.29 is 19.8 Å². The molecule has 0 atom stereocenters. The number of nitrogens with zero attached hydrogens (tertiary/aromatic N) is 1. The van der Waals surface area contributed by atoms with Gasteiger partial charge in [0.15, 0.2) is 0 Å². The zero-order chi connectivity index (χ0) is 12.4. The van der Waals surface area contributed by atoms with Crippen molar-refractivity contribution in [2.45, 2.75) is 6.10 Å². The Hall–Kier alpha value is -2.08. The molecule has 1 saturated heterocycles. The van der Waals surface area contributed by atoms with E-state index in [2.05, 4.69) is 5.32 Å². The van der Waals surface area contributed by atoms with Crippen molar-refractivity contribution in [3.05, 3.63) is 29.8 Å². The van der Waals surface area contributed by atoms with Gasteiger partial charge >= 0.3 is 6.09 Å². The van der Waals surface area contributed by atoms with Gasteiger partial charge in [-0.3, -0.25) is 10.1 Å². The van der Waals surface area contributed by atoms with Crippen molar-refractivity contribution in [2.24, 2.45) is 0 Å². The molecule has 3 N–H and O–H groups in total. The van der Waals surface area contributed by atoms with Crippen LogP contribution < -0.4 is 5.32 Å². The number of likely N-dealkylation sites (tertiary alicyclic amines) is 1. The van der Waals surface area contributed by atoms with Gasteiger partial charge in [-0.05, 0) is 24.3 Å². The Balaban J connectivity index is 2.02. The Kier molecular flexibility index (Phi) is 2.97. The molecule has 0 spiro atoms. The van der Waals surface area contributed by atoms with Gasteiger partial charge in [-0.25, -0.2) is 4.79 Å². The number of rotatable bonds is 2. The predicted molar refractivity (Wildman–Crippen MR) is 60.0 cm³/mol. The molecule has 0 aliphatic carbocycles. The van der Waals surface area contributed by atoms with Crippen LogP contribution in [0.5, 0.6) is 0 Å². The number of nitrogens with one attached hydrogen (secondary N) is 1. The van der Waals surface area contributed by atoms with E-state index in [1.165, 1.54) is 17.0 Å². The predicted octanol–water partition coefficient (Wildman–Crippen LogP) is 0.593. The summed E-state index contributed by atoms with van der Waals surface area (Å²) < 4.78 is 0. The number of amides is 2. The van der Waals surface area contributed by atoms with Gasteiger partial charge in [0.05, 0.1) is 6.10 Å². The van der Waals surface area contributed by atoms with Crippen molar-refractivity contribution in [3.8, 4) is 0 Å². The second-order valence-corrected chi connectivity index (χ2v) is 3.87. The molecule has 2 amide bonds. The zero-order valence-electron chi connectivity index (χ0n) is 8.96. The van der Waals surface area contributed by atoms with Crippen molar-refractivity contribution in [3.63, 3.8) is 0 Å². The Morgan fingerprint density at radius 1 is 1.24 bits per heavy atom. The zero-order valence-corrected chi connectivity index (χ0v) is 8.96. The quantitative estimate of drug-likeness (QED) is 0.701. The van der Waals surface area contributed by atoms with E-state index in [0.29, 0.717) is 24.3 Å². The summed E-state index contributed by atoms with van der Waals surface area (Å²) in [4.78, 5) is 23.7. The summed E-state index contributed by atoms with van der Waals surface area (Å²) in [5.41, 5.74) is 0.894. The van der Waals surface area contributed by atoms with Crippen LogP contribution in [0.2, 0.25) is 0 Å². The maximum atomic E-state index is 11.8. The molecule has 6 nitrogen and oxygen atoms in total. The van der Waals surface area contributed by atoms with E-state index >= 15 is 0 Å². The minimum absolute atomic E-state index is 0.155. The van der Waals surface area contributed by atoms with E-state index < -0.39 is 12.2 Å². The first kappa shape index (κ1) is 11.4. The Morgan fingerprint density at radius 2 is 1.82 bits per heavy atom. The Labute approximate surface area is 97.5 Å². The average molecular weight is 236 g/mol. The van der Waals surface area contributed by atoms with E-state index in [1.54, 1.807) is 12.1 Å². The van der Waals surface area contributed by atoms with E-state index in [-0.39, 0.29) is 5.91 Å². The molecule has 17 heavy (non-hydrogen) atoms. The third kappa shape index (κ3) is 2.54. The molecule has 0 radical (unpaired) electrons. The van der Waals surface area contributed by atoms with Crippen LogP contribution in [0.15, 0.2) is 24.3 Å². The van der Waals surface area contributed by atoms with Gasteiger partial charge in [0, 0.05) is 24.3 Å². The summed E-state index contributed by atoms with van der Waals surface area (Å²) in [5.74, 6) is -0.155. The molecule has 1 aliphatic rings. The van der Waals surface area contributed by atoms with Crippen LogP contribution in [-0.4, -0.2) is 46.3 Å². The number of aliphatic hydroxyl groups excluding tert-OH is 1. The molecule has 0 bridgehead atoms. The second kappa shape index (κ2) is 4.42. The third-order valence-corrected chi connectivity index (χ3v) is 2.53. The first-order valence-corrected chi connectivity index (χ1v) is 5.13. The first-order chi connectivity index (χ1) is 8.06. The Bertz CT molecular complexity index is 437. The molecule has 0 saturated carbocycles. The molecule has 0 unspecified atom stereocenters. The number of β-amino-alcohol motifs (C(OH)–C–C–N with tert-alkyl or cyclic N) is 1. The van der Waals surface area contributed by atoms with E-state index in [1.807, 2.05) is 0 Å². The van der Waals surface area contributed by atoms with Crippen molar-refractivity contribution in [1.29, 1.82) is 0 Å². The highest BCUT2D eigenvalue weighted by atomic mass is 16.4. The summed E-state index contributed by atoms with van der Waals surface area (Å²) in [6.45, 7) is 0.710.